The first-order valence-corrected chi connectivity index (χ1v) is 8.14. The van der Waals surface area contributed by atoms with Crippen LogP contribution in [0, 0.1) is 0 Å². The Morgan fingerprint density at radius 3 is 2.90 bits per heavy atom. The highest BCUT2D eigenvalue weighted by Gasteiger charge is 2.13. The Morgan fingerprint density at radius 1 is 1.40 bits per heavy atom. The summed E-state index contributed by atoms with van der Waals surface area (Å²) in [6, 6.07) is 5.27. The Bertz CT molecular complexity index is 504. The fourth-order valence-electron chi connectivity index (χ4n) is 1.79. The van der Waals surface area contributed by atoms with Crippen molar-refractivity contribution in [2.75, 3.05) is 31.1 Å². The van der Waals surface area contributed by atoms with Gasteiger partial charge in [-0.2, -0.15) is 16.9 Å². The molecule has 0 saturated carbocycles. The van der Waals surface area contributed by atoms with Crippen molar-refractivity contribution in [2.24, 2.45) is 5.10 Å². The smallest absolute Gasteiger partial charge is 0.254 e. The molecule has 0 radical (unpaired) electrons. The summed E-state index contributed by atoms with van der Waals surface area (Å²) in [5, 5.41) is 4.81. The molecule has 1 amide bonds. The lowest BCUT2D eigenvalue weighted by atomic mass is 10.2. The van der Waals surface area contributed by atoms with Crippen LogP contribution >= 0.6 is 35.0 Å². The summed E-state index contributed by atoms with van der Waals surface area (Å²) < 4.78 is 0. The summed E-state index contributed by atoms with van der Waals surface area (Å²) in [5.74, 6) is 2.04. The van der Waals surface area contributed by atoms with Crippen LogP contribution in [0.4, 0.5) is 0 Å². The number of nitrogens with zero attached hydrogens (tertiary/aromatic N) is 2. The van der Waals surface area contributed by atoms with E-state index in [0.29, 0.717) is 22.2 Å². The van der Waals surface area contributed by atoms with Crippen LogP contribution in [0.25, 0.3) is 0 Å². The summed E-state index contributed by atoms with van der Waals surface area (Å²) in [4.78, 5) is 13.8. The van der Waals surface area contributed by atoms with E-state index < -0.39 is 0 Å². The van der Waals surface area contributed by atoms with Crippen molar-refractivity contribution in [3.05, 3.63) is 33.8 Å². The van der Waals surface area contributed by atoms with E-state index >= 15 is 0 Å². The van der Waals surface area contributed by atoms with Gasteiger partial charge in [0.25, 0.3) is 5.91 Å². The average molecular weight is 332 g/mol. The first kappa shape index (κ1) is 15.6. The third-order valence-electron chi connectivity index (χ3n) is 2.85. The van der Waals surface area contributed by atoms with Gasteiger partial charge in [-0.1, -0.05) is 35.3 Å². The van der Waals surface area contributed by atoms with Crippen LogP contribution in [0.5, 0.6) is 0 Å². The Balaban J connectivity index is 1.83. The molecular weight excluding hydrogens is 317 g/mol. The predicted molar refractivity (Wildman–Crippen MR) is 86.0 cm³/mol. The Hall–Kier alpha value is -0.750. The quantitative estimate of drug-likeness (QED) is 0.681. The first-order chi connectivity index (χ1) is 9.66. The molecule has 0 aromatic heterocycles. The number of benzene rings is 1. The molecule has 0 atom stereocenters. The van der Waals surface area contributed by atoms with Crippen molar-refractivity contribution in [2.45, 2.75) is 0 Å². The van der Waals surface area contributed by atoms with E-state index in [1.165, 1.54) is 6.21 Å². The molecule has 20 heavy (non-hydrogen) atoms. The summed E-state index contributed by atoms with van der Waals surface area (Å²) in [6.45, 7) is 2.27. The molecule has 2 rings (SSSR count). The summed E-state index contributed by atoms with van der Waals surface area (Å²) in [7, 11) is 0. The molecule has 0 unspecified atom stereocenters. The summed E-state index contributed by atoms with van der Waals surface area (Å²) in [5.41, 5.74) is 3.18. The number of carbonyl (C=O) groups is 1. The van der Waals surface area contributed by atoms with Crippen molar-refractivity contribution < 1.29 is 4.79 Å². The minimum atomic E-state index is -0.119. The van der Waals surface area contributed by atoms with Gasteiger partial charge < -0.3 is 0 Å². The maximum atomic E-state index is 11.7. The zero-order valence-corrected chi connectivity index (χ0v) is 13.1. The number of thioether (sulfide) groups is 1. The fraction of sp³-hybridized carbons (Fsp3) is 0.385. The van der Waals surface area contributed by atoms with Crippen LogP contribution in [0.2, 0.25) is 10.0 Å². The molecule has 1 aromatic rings. The first-order valence-electron chi connectivity index (χ1n) is 6.23. The van der Waals surface area contributed by atoms with Gasteiger partial charge in [0, 0.05) is 30.2 Å². The number of nitrogens with one attached hydrogen (secondary N) is 1. The third-order valence-corrected chi connectivity index (χ3v) is 4.62. The molecule has 7 heteroatoms. The van der Waals surface area contributed by atoms with E-state index in [0.717, 1.165) is 24.6 Å². The lowest BCUT2D eigenvalue weighted by molar-refractivity contribution is -0.122. The molecular formula is C13H15Cl2N3OS. The van der Waals surface area contributed by atoms with E-state index in [4.69, 9.17) is 23.2 Å². The number of hydrogen-bond donors (Lipinski definition) is 1. The highest BCUT2D eigenvalue weighted by molar-refractivity contribution is 7.99. The average Bonchev–Trinajstić information content (AvgIpc) is 2.44. The van der Waals surface area contributed by atoms with Crippen molar-refractivity contribution in [1.82, 2.24) is 10.3 Å². The monoisotopic (exact) mass is 331 g/mol. The van der Waals surface area contributed by atoms with Crippen molar-refractivity contribution in [1.29, 1.82) is 0 Å². The minimum absolute atomic E-state index is 0.119. The Morgan fingerprint density at radius 2 is 2.15 bits per heavy atom. The highest BCUT2D eigenvalue weighted by Crippen LogP contribution is 2.24. The standard InChI is InChI=1S/C13H15Cl2N3OS/c14-11-3-1-2-10(13(11)15)8-16-17-12(19)9-18-4-6-20-7-5-18/h1-3,8H,4-7,9H2,(H,17,19). The molecule has 1 saturated heterocycles. The third kappa shape index (κ3) is 4.66. The number of halogens is 2. The highest BCUT2D eigenvalue weighted by atomic mass is 35.5. The van der Waals surface area contributed by atoms with Crippen LogP contribution in [-0.4, -0.2) is 48.2 Å². The molecule has 1 N–H and O–H groups in total. The van der Waals surface area contributed by atoms with Crippen LogP contribution in [0.15, 0.2) is 23.3 Å². The largest absolute Gasteiger partial charge is 0.293 e. The second-order valence-corrected chi connectivity index (χ2v) is 6.33. The van der Waals surface area contributed by atoms with E-state index in [1.54, 1.807) is 18.2 Å². The van der Waals surface area contributed by atoms with Crippen LogP contribution in [-0.2, 0) is 4.79 Å². The number of rotatable bonds is 4. The van der Waals surface area contributed by atoms with Gasteiger partial charge in [0.05, 0.1) is 22.8 Å². The van der Waals surface area contributed by atoms with Gasteiger partial charge in [0.15, 0.2) is 0 Å². The van der Waals surface area contributed by atoms with E-state index in [9.17, 15) is 4.79 Å². The van der Waals surface area contributed by atoms with Gasteiger partial charge in [0.2, 0.25) is 0 Å². The van der Waals surface area contributed by atoms with Gasteiger partial charge >= 0.3 is 0 Å². The van der Waals surface area contributed by atoms with Gasteiger partial charge in [-0.15, -0.1) is 0 Å². The van der Waals surface area contributed by atoms with E-state index in [1.807, 2.05) is 11.8 Å². The fourth-order valence-corrected chi connectivity index (χ4v) is 3.13. The summed E-state index contributed by atoms with van der Waals surface area (Å²) in [6.07, 6.45) is 1.50. The number of hydrazone groups is 1. The molecule has 0 aliphatic carbocycles. The summed E-state index contributed by atoms with van der Waals surface area (Å²) >= 11 is 13.8. The lowest BCUT2D eigenvalue weighted by Gasteiger charge is -2.24. The zero-order valence-electron chi connectivity index (χ0n) is 10.8. The van der Waals surface area contributed by atoms with Crippen molar-refractivity contribution in [3.63, 3.8) is 0 Å². The number of amides is 1. The maximum absolute atomic E-state index is 11.7. The minimum Gasteiger partial charge on any atom is -0.293 e. The molecule has 4 nitrogen and oxygen atoms in total. The van der Waals surface area contributed by atoms with Gasteiger partial charge in [0.1, 0.15) is 0 Å². The van der Waals surface area contributed by atoms with Gasteiger partial charge in [-0.3, -0.25) is 9.69 Å². The van der Waals surface area contributed by atoms with Crippen LogP contribution < -0.4 is 5.43 Å². The second-order valence-electron chi connectivity index (χ2n) is 4.32. The van der Waals surface area contributed by atoms with Gasteiger partial charge in [-0.05, 0) is 6.07 Å². The number of hydrogen-bond acceptors (Lipinski definition) is 4. The molecule has 0 spiro atoms. The zero-order chi connectivity index (χ0) is 14.4. The normalized spacial score (nSPS) is 16.5. The molecule has 0 bridgehead atoms. The topological polar surface area (TPSA) is 44.7 Å². The van der Waals surface area contributed by atoms with Gasteiger partial charge in [-0.25, -0.2) is 5.43 Å². The van der Waals surface area contributed by atoms with Crippen LogP contribution in [0.3, 0.4) is 0 Å². The SMILES string of the molecule is O=C(CN1CCSCC1)NN=Cc1cccc(Cl)c1Cl. The Labute approximate surface area is 132 Å². The maximum Gasteiger partial charge on any atom is 0.254 e. The molecule has 1 fully saturated rings. The van der Waals surface area contributed by atoms with E-state index in [-0.39, 0.29) is 5.91 Å². The lowest BCUT2D eigenvalue weighted by Crippen LogP contribution is -2.40. The molecule has 108 valence electrons. The second kappa shape index (κ2) is 7.88. The Kier molecular flexibility index (Phi) is 6.16. The number of carbonyl (C=O) groups excluding carboxylic acids is 1. The molecule has 1 aliphatic rings. The molecule has 1 heterocycles. The van der Waals surface area contributed by atoms with Crippen LogP contribution in [0.1, 0.15) is 5.56 Å². The van der Waals surface area contributed by atoms with Crippen molar-refractivity contribution in [3.8, 4) is 0 Å². The predicted octanol–water partition coefficient (Wildman–Crippen LogP) is 2.49. The molecule has 1 aromatic carbocycles. The molecule has 1 aliphatic heterocycles. The van der Waals surface area contributed by atoms with Crippen molar-refractivity contribution >= 4 is 47.1 Å². The van der Waals surface area contributed by atoms with E-state index in [2.05, 4.69) is 15.4 Å².